The van der Waals surface area contributed by atoms with E-state index in [-0.39, 0.29) is 18.2 Å². The maximum absolute atomic E-state index is 12.3. The lowest BCUT2D eigenvalue weighted by Gasteiger charge is -2.10. The van der Waals surface area contributed by atoms with E-state index in [4.69, 9.17) is 11.6 Å². The average molecular weight is 388 g/mol. The molecule has 0 spiro atoms. The van der Waals surface area contributed by atoms with Gasteiger partial charge in [0, 0.05) is 17.1 Å². The number of rotatable bonds is 4. The number of aryl methyl sites for hydroxylation is 1. The number of carbonyl (C=O) groups excluding carboxylic acids is 2. The number of nitrogens with zero attached hydrogens (tertiary/aromatic N) is 1. The van der Waals surface area contributed by atoms with Gasteiger partial charge >= 0.3 is 0 Å². The predicted molar refractivity (Wildman–Crippen MR) is 107 cm³/mol. The van der Waals surface area contributed by atoms with E-state index in [1.807, 2.05) is 38.1 Å². The Kier molecular flexibility index (Phi) is 5.64. The van der Waals surface area contributed by atoms with Crippen LogP contribution in [0, 0.1) is 13.8 Å². The van der Waals surface area contributed by atoms with Crippen molar-refractivity contribution in [2.24, 2.45) is 4.99 Å². The molecule has 1 unspecified atom stereocenters. The standard InChI is InChI=1S/C19H18ClN3O2S/c1-11-6-8-13(9-7-11)21-19-23-18(25)16(26-19)10-17(24)22-15-5-3-4-14(20)12(15)2/h3-9,16H,10H2,1-2H3,(H,22,24)(H,21,23,25). The molecule has 0 bridgehead atoms. The van der Waals surface area contributed by atoms with Crippen molar-refractivity contribution < 1.29 is 9.59 Å². The summed E-state index contributed by atoms with van der Waals surface area (Å²) in [6.07, 6.45) is 0.0649. The van der Waals surface area contributed by atoms with Gasteiger partial charge in [0.15, 0.2) is 5.17 Å². The smallest absolute Gasteiger partial charge is 0.240 e. The molecule has 1 heterocycles. The van der Waals surface area contributed by atoms with Crippen molar-refractivity contribution in [3.8, 4) is 0 Å². The highest BCUT2D eigenvalue weighted by atomic mass is 35.5. The highest BCUT2D eigenvalue weighted by Gasteiger charge is 2.32. The Morgan fingerprint density at radius 1 is 1.23 bits per heavy atom. The summed E-state index contributed by atoms with van der Waals surface area (Å²) < 4.78 is 0. The normalized spacial score (nSPS) is 18.0. The summed E-state index contributed by atoms with van der Waals surface area (Å²) in [5, 5.41) is 6.14. The van der Waals surface area contributed by atoms with Crippen LogP contribution in [0.1, 0.15) is 17.5 Å². The van der Waals surface area contributed by atoms with Gasteiger partial charge in [0.25, 0.3) is 0 Å². The lowest BCUT2D eigenvalue weighted by atomic mass is 10.2. The van der Waals surface area contributed by atoms with E-state index in [1.165, 1.54) is 11.8 Å². The molecule has 134 valence electrons. The molecule has 2 amide bonds. The van der Waals surface area contributed by atoms with E-state index < -0.39 is 5.25 Å². The first-order valence-corrected chi connectivity index (χ1v) is 9.36. The second-order valence-corrected chi connectivity index (χ2v) is 7.61. The van der Waals surface area contributed by atoms with E-state index in [0.717, 1.165) is 16.8 Å². The Morgan fingerprint density at radius 2 is 1.96 bits per heavy atom. The molecule has 2 aromatic rings. The Morgan fingerprint density at radius 3 is 2.69 bits per heavy atom. The highest BCUT2D eigenvalue weighted by molar-refractivity contribution is 8.15. The summed E-state index contributed by atoms with van der Waals surface area (Å²) in [6, 6.07) is 13.0. The van der Waals surface area contributed by atoms with Crippen LogP contribution in [0.4, 0.5) is 11.4 Å². The molecule has 1 aliphatic heterocycles. The quantitative estimate of drug-likeness (QED) is 0.825. The molecule has 1 fully saturated rings. The van der Waals surface area contributed by atoms with E-state index in [1.54, 1.807) is 18.2 Å². The third-order valence-electron chi connectivity index (χ3n) is 3.95. The number of amidine groups is 1. The Hall–Kier alpha value is -2.31. The van der Waals surface area contributed by atoms with Gasteiger partial charge in [0.05, 0.1) is 5.69 Å². The van der Waals surface area contributed by atoms with Crippen LogP contribution in [-0.4, -0.2) is 22.2 Å². The second kappa shape index (κ2) is 7.93. The van der Waals surface area contributed by atoms with Gasteiger partial charge in [0.1, 0.15) is 5.25 Å². The van der Waals surface area contributed by atoms with E-state index in [2.05, 4.69) is 15.6 Å². The number of anilines is 1. The summed E-state index contributed by atoms with van der Waals surface area (Å²) in [6.45, 7) is 3.83. The first-order valence-electron chi connectivity index (χ1n) is 8.10. The molecule has 2 aromatic carbocycles. The number of benzene rings is 2. The van der Waals surface area contributed by atoms with Crippen molar-refractivity contribution in [1.82, 2.24) is 5.32 Å². The van der Waals surface area contributed by atoms with Gasteiger partial charge in [-0.2, -0.15) is 0 Å². The molecular weight excluding hydrogens is 370 g/mol. The summed E-state index contributed by atoms with van der Waals surface area (Å²) >= 11 is 7.33. The van der Waals surface area contributed by atoms with E-state index in [9.17, 15) is 9.59 Å². The van der Waals surface area contributed by atoms with Gasteiger partial charge in [-0.1, -0.05) is 47.1 Å². The largest absolute Gasteiger partial charge is 0.326 e. The molecule has 2 N–H and O–H groups in total. The molecule has 7 heteroatoms. The maximum atomic E-state index is 12.3. The van der Waals surface area contributed by atoms with Crippen molar-refractivity contribution in [2.75, 3.05) is 5.32 Å². The first kappa shape index (κ1) is 18.5. The molecule has 26 heavy (non-hydrogen) atoms. The van der Waals surface area contributed by atoms with Gasteiger partial charge in [-0.3, -0.25) is 9.59 Å². The minimum absolute atomic E-state index is 0.0649. The monoisotopic (exact) mass is 387 g/mol. The van der Waals surface area contributed by atoms with Crippen LogP contribution in [0.5, 0.6) is 0 Å². The number of thioether (sulfide) groups is 1. The molecule has 0 radical (unpaired) electrons. The van der Waals surface area contributed by atoms with Crippen molar-refractivity contribution in [1.29, 1.82) is 0 Å². The molecule has 3 rings (SSSR count). The molecular formula is C19H18ClN3O2S. The zero-order valence-electron chi connectivity index (χ0n) is 14.4. The molecule has 5 nitrogen and oxygen atoms in total. The van der Waals surface area contributed by atoms with Gasteiger partial charge in [-0.25, -0.2) is 4.99 Å². The highest BCUT2D eigenvalue weighted by Crippen LogP contribution is 2.27. The minimum atomic E-state index is -0.501. The van der Waals surface area contributed by atoms with Crippen LogP contribution < -0.4 is 10.6 Å². The van der Waals surface area contributed by atoms with Crippen molar-refractivity contribution in [3.63, 3.8) is 0 Å². The summed E-state index contributed by atoms with van der Waals surface area (Å²) in [5.74, 6) is -0.446. The molecule has 1 atom stereocenters. The molecule has 0 aliphatic carbocycles. The lowest BCUT2D eigenvalue weighted by Crippen LogP contribution is -2.28. The van der Waals surface area contributed by atoms with Crippen molar-refractivity contribution >= 4 is 51.7 Å². The number of halogens is 1. The van der Waals surface area contributed by atoms with Gasteiger partial charge in [-0.15, -0.1) is 0 Å². The summed E-state index contributed by atoms with van der Waals surface area (Å²) in [5.41, 5.74) is 3.35. The molecule has 0 aromatic heterocycles. The third-order valence-corrected chi connectivity index (χ3v) is 5.44. The minimum Gasteiger partial charge on any atom is -0.326 e. The SMILES string of the molecule is Cc1ccc(N=C2NC(=O)C(CC(=O)Nc3cccc(Cl)c3C)S2)cc1. The zero-order valence-corrected chi connectivity index (χ0v) is 15.9. The van der Waals surface area contributed by atoms with Crippen LogP contribution >= 0.6 is 23.4 Å². The van der Waals surface area contributed by atoms with E-state index in [0.29, 0.717) is 15.9 Å². The Balaban J connectivity index is 1.63. The van der Waals surface area contributed by atoms with Crippen LogP contribution in [0.15, 0.2) is 47.5 Å². The summed E-state index contributed by atoms with van der Waals surface area (Å²) in [7, 11) is 0. The fraction of sp³-hybridized carbons (Fsp3) is 0.211. The lowest BCUT2D eigenvalue weighted by molar-refractivity contribution is -0.122. The number of carbonyl (C=O) groups is 2. The number of aliphatic imine (C=N–C) groups is 1. The summed E-state index contributed by atoms with van der Waals surface area (Å²) in [4.78, 5) is 28.8. The Labute approximate surface area is 161 Å². The fourth-order valence-corrected chi connectivity index (χ4v) is 3.60. The second-order valence-electron chi connectivity index (χ2n) is 6.01. The fourth-order valence-electron chi connectivity index (χ4n) is 2.44. The van der Waals surface area contributed by atoms with Crippen LogP contribution in [0.25, 0.3) is 0 Å². The van der Waals surface area contributed by atoms with Crippen LogP contribution in [-0.2, 0) is 9.59 Å². The Bertz CT molecular complexity index is 881. The molecule has 1 saturated heterocycles. The number of hydrogen-bond acceptors (Lipinski definition) is 4. The first-order chi connectivity index (χ1) is 12.4. The zero-order chi connectivity index (χ0) is 18.7. The van der Waals surface area contributed by atoms with Crippen LogP contribution in [0.3, 0.4) is 0 Å². The molecule has 1 aliphatic rings. The van der Waals surface area contributed by atoms with Gasteiger partial charge in [-0.05, 0) is 43.7 Å². The van der Waals surface area contributed by atoms with E-state index >= 15 is 0 Å². The van der Waals surface area contributed by atoms with Gasteiger partial charge < -0.3 is 10.6 Å². The third kappa shape index (κ3) is 4.45. The number of hydrogen-bond donors (Lipinski definition) is 2. The van der Waals surface area contributed by atoms with Crippen LogP contribution in [0.2, 0.25) is 5.02 Å². The van der Waals surface area contributed by atoms with Crippen molar-refractivity contribution in [3.05, 3.63) is 58.6 Å². The van der Waals surface area contributed by atoms with Gasteiger partial charge in [0.2, 0.25) is 11.8 Å². The average Bonchev–Trinajstić information content (AvgIpc) is 2.93. The number of nitrogens with one attached hydrogen (secondary N) is 2. The van der Waals surface area contributed by atoms with Crippen molar-refractivity contribution in [2.45, 2.75) is 25.5 Å². The topological polar surface area (TPSA) is 70.6 Å². The maximum Gasteiger partial charge on any atom is 0.240 e. The molecule has 0 saturated carbocycles. The number of amides is 2. The predicted octanol–water partition coefficient (Wildman–Crippen LogP) is 4.20.